The van der Waals surface area contributed by atoms with E-state index >= 15 is 0 Å². The van der Waals surface area contributed by atoms with Gasteiger partial charge in [-0.2, -0.15) is 0 Å². The highest BCUT2D eigenvalue weighted by Crippen LogP contribution is 2.17. The molecular formula is C19H25ClN4O3. The molecule has 0 aliphatic carbocycles. The predicted octanol–water partition coefficient (Wildman–Crippen LogP) is 1.33. The lowest BCUT2D eigenvalue weighted by Gasteiger charge is -2.36. The van der Waals surface area contributed by atoms with Crippen molar-refractivity contribution in [1.29, 1.82) is 0 Å². The van der Waals surface area contributed by atoms with Crippen LogP contribution in [0.5, 0.6) is 5.75 Å². The van der Waals surface area contributed by atoms with Gasteiger partial charge in [-0.25, -0.2) is 4.79 Å². The minimum atomic E-state index is -0.293. The van der Waals surface area contributed by atoms with Gasteiger partial charge in [-0.15, -0.1) is 0 Å². The van der Waals surface area contributed by atoms with Gasteiger partial charge in [0, 0.05) is 57.9 Å². The van der Waals surface area contributed by atoms with Crippen molar-refractivity contribution < 1.29 is 4.74 Å². The number of halogens is 1. The molecule has 0 bridgehead atoms. The van der Waals surface area contributed by atoms with Crippen LogP contribution in [0.4, 0.5) is 5.82 Å². The van der Waals surface area contributed by atoms with Crippen molar-refractivity contribution in [3.63, 3.8) is 0 Å². The molecule has 0 amide bonds. The lowest BCUT2D eigenvalue weighted by Crippen LogP contribution is -2.49. The van der Waals surface area contributed by atoms with Gasteiger partial charge in [-0.3, -0.25) is 18.8 Å². The van der Waals surface area contributed by atoms with Crippen molar-refractivity contribution in [1.82, 2.24) is 14.0 Å². The second kappa shape index (κ2) is 8.63. The number of hydrogen-bond donors (Lipinski definition) is 0. The highest BCUT2D eigenvalue weighted by molar-refractivity contribution is 6.30. The van der Waals surface area contributed by atoms with Crippen LogP contribution < -0.4 is 20.9 Å². The number of rotatable bonds is 6. The van der Waals surface area contributed by atoms with Crippen molar-refractivity contribution in [2.24, 2.45) is 14.1 Å². The highest BCUT2D eigenvalue weighted by atomic mass is 35.5. The highest BCUT2D eigenvalue weighted by Gasteiger charge is 2.20. The fraction of sp³-hybridized carbons (Fsp3) is 0.474. The third kappa shape index (κ3) is 4.73. The summed E-state index contributed by atoms with van der Waals surface area (Å²) in [5, 5.41) is 0.675. The summed E-state index contributed by atoms with van der Waals surface area (Å²) in [5.74, 6) is 1.48. The van der Waals surface area contributed by atoms with E-state index in [9.17, 15) is 9.59 Å². The molecule has 0 saturated carbocycles. The van der Waals surface area contributed by atoms with Crippen molar-refractivity contribution in [2.75, 3.05) is 44.2 Å². The minimum Gasteiger partial charge on any atom is -0.493 e. The van der Waals surface area contributed by atoms with Gasteiger partial charge in [0.1, 0.15) is 11.6 Å². The molecule has 0 atom stereocenters. The molecule has 0 spiro atoms. The average Bonchev–Trinajstić information content (AvgIpc) is 2.67. The summed E-state index contributed by atoms with van der Waals surface area (Å²) in [6, 6.07) is 8.96. The normalized spacial score (nSPS) is 15.1. The second-order valence-electron chi connectivity index (χ2n) is 6.73. The fourth-order valence-corrected chi connectivity index (χ4v) is 3.44. The lowest BCUT2D eigenvalue weighted by molar-refractivity contribution is 0.224. The van der Waals surface area contributed by atoms with Crippen molar-refractivity contribution in [2.45, 2.75) is 6.42 Å². The largest absolute Gasteiger partial charge is 0.493 e. The van der Waals surface area contributed by atoms with Crippen LogP contribution >= 0.6 is 11.6 Å². The Kier molecular flexibility index (Phi) is 6.23. The monoisotopic (exact) mass is 392 g/mol. The second-order valence-corrected chi connectivity index (χ2v) is 7.17. The zero-order valence-electron chi connectivity index (χ0n) is 15.7. The third-order valence-corrected chi connectivity index (χ3v) is 5.12. The minimum absolute atomic E-state index is 0.270. The van der Waals surface area contributed by atoms with E-state index in [0.29, 0.717) is 17.4 Å². The first kappa shape index (κ1) is 19.5. The summed E-state index contributed by atoms with van der Waals surface area (Å²) in [6.07, 6.45) is 0.927. The zero-order valence-corrected chi connectivity index (χ0v) is 16.5. The Morgan fingerprint density at radius 3 is 2.48 bits per heavy atom. The summed E-state index contributed by atoms with van der Waals surface area (Å²) in [5.41, 5.74) is -0.563. The third-order valence-electron chi connectivity index (χ3n) is 4.88. The summed E-state index contributed by atoms with van der Waals surface area (Å²) < 4.78 is 8.39. The van der Waals surface area contributed by atoms with E-state index in [1.807, 2.05) is 24.3 Å². The van der Waals surface area contributed by atoms with Gasteiger partial charge in [0.15, 0.2) is 0 Å². The average molecular weight is 393 g/mol. The van der Waals surface area contributed by atoms with Gasteiger partial charge < -0.3 is 9.64 Å². The molecule has 1 saturated heterocycles. The summed E-state index contributed by atoms with van der Waals surface area (Å²) in [6.45, 7) is 4.94. The first-order valence-corrected chi connectivity index (χ1v) is 9.46. The van der Waals surface area contributed by atoms with Crippen LogP contribution in [0.15, 0.2) is 39.9 Å². The molecule has 0 radical (unpaired) electrons. The topological polar surface area (TPSA) is 59.7 Å². The summed E-state index contributed by atoms with van der Waals surface area (Å²) in [7, 11) is 3.20. The van der Waals surface area contributed by atoms with Gasteiger partial charge in [0.2, 0.25) is 0 Å². The van der Waals surface area contributed by atoms with Crippen LogP contribution in [-0.2, 0) is 14.1 Å². The maximum absolute atomic E-state index is 12.1. The predicted molar refractivity (Wildman–Crippen MR) is 107 cm³/mol. The molecular weight excluding hydrogens is 368 g/mol. The first-order valence-electron chi connectivity index (χ1n) is 9.08. The summed E-state index contributed by atoms with van der Waals surface area (Å²) >= 11 is 5.95. The number of benzene rings is 1. The Bertz CT molecular complexity index is 901. The molecule has 7 nitrogen and oxygen atoms in total. The number of hydrogen-bond acceptors (Lipinski definition) is 5. The Morgan fingerprint density at radius 2 is 1.78 bits per heavy atom. The first-order chi connectivity index (χ1) is 13.0. The van der Waals surface area contributed by atoms with Crippen molar-refractivity contribution in [3.8, 4) is 5.75 Å². The van der Waals surface area contributed by atoms with Crippen molar-refractivity contribution >= 4 is 17.4 Å². The van der Waals surface area contributed by atoms with E-state index in [-0.39, 0.29) is 11.2 Å². The van der Waals surface area contributed by atoms with Crippen LogP contribution in [0.3, 0.4) is 0 Å². The van der Waals surface area contributed by atoms with Gasteiger partial charge in [0.05, 0.1) is 6.61 Å². The Labute approximate surface area is 163 Å². The Balaban J connectivity index is 1.47. The number of anilines is 1. The molecule has 1 fully saturated rings. The molecule has 3 rings (SSSR count). The molecule has 8 heteroatoms. The van der Waals surface area contributed by atoms with E-state index in [4.69, 9.17) is 16.3 Å². The maximum atomic E-state index is 12.1. The number of piperazine rings is 1. The van der Waals surface area contributed by atoms with Crippen LogP contribution in [0, 0.1) is 0 Å². The molecule has 1 aliphatic rings. The molecule has 1 aromatic carbocycles. The van der Waals surface area contributed by atoms with E-state index in [1.54, 1.807) is 7.05 Å². The van der Waals surface area contributed by atoms with E-state index in [0.717, 1.165) is 49.5 Å². The van der Waals surface area contributed by atoms with Crippen LogP contribution in [-0.4, -0.2) is 53.4 Å². The standard InChI is InChI=1S/C19H25ClN4O3/c1-21-17(14-18(25)22(2)19(21)26)24-10-8-23(9-11-24)7-4-12-27-16-6-3-5-15(20)13-16/h3,5-6,13-14H,4,7-12H2,1-2H3. The SMILES string of the molecule is Cn1c(N2CCN(CCCOc3cccc(Cl)c3)CC2)cc(=O)n(C)c1=O. The van der Waals surface area contributed by atoms with E-state index in [1.165, 1.54) is 17.7 Å². The molecule has 1 aromatic heterocycles. The molecule has 2 heterocycles. The molecule has 2 aromatic rings. The molecule has 27 heavy (non-hydrogen) atoms. The van der Waals surface area contributed by atoms with Crippen LogP contribution in [0.1, 0.15) is 6.42 Å². The maximum Gasteiger partial charge on any atom is 0.332 e. The van der Waals surface area contributed by atoms with Crippen LogP contribution in [0.2, 0.25) is 5.02 Å². The Morgan fingerprint density at radius 1 is 1.04 bits per heavy atom. The van der Waals surface area contributed by atoms with E-state index in [2.05, 4.69) is 9.80 Å². The number of aromatic nitrogens is 2. The van der Waals surface area contributed by atoms with Gasteiger partial charge in [0.25, 0.3) is 5.56 Å². The lowest BCUT2D eigenvalue weighted by atomic mass is 10.3. The van der Waals surface area contributed by atoms with Crippen LogP contribution in [0.25, 0.3) is 0 Å². The fourth-order valence-electron chi connectivity index (χ4n) is 3.26. The van der Waals surface area contributed by atoms with Gasteiger partial charge >= 0.3 is 5.69 Å². The molecule has 0 unspecified atom stereocenters. The quantitative estimate of drug-likeness (QED) is 0.694. The molecule has 146 valence electrons. The summed E-state index contributed by atoms with van der Waals surface area (Å²) in [4.78, 5) is 28.5. The number of nitrogens with zero attached hydrogens (tertiary/aromatic N) is 4. The molecule has 1 aliphatic heterocycles. The smallest absolute Gasteiger partial charge is 0.332 e. The Hall–Kier alpha value is -2.25. The van der Waals surface area contributed by atoms with E-state index < -0.39 is 0 Å². The van der Waals surface area contributed by atoms with Crippen molar-refractivity contribution in [3.05, 3.63) is 56.2 Å². The molecule has 0 N–H and O–H groups in total. The number of ether oxygens (including phenoxy) is 1. The van der Waals surface area contributed by atoms with Gasteiger partial charge in [-0.1, -0.05) is 17.7 Å². The van der Waals surface area contributed by atoms with Gasteiger partial charge in [-0.05, 0) is 24.6 Å². The zero-order chi connectivity index (χ0) is 19.4.